The predicted octanol–water partition coefficient (Wildman–Crippen LogP) is 0.608. The van der Waals surface area contributed by atoms with Gasteiger partial charge in [0.05, 0.1) is 12.8 Å². The Morgan fingerprint density at radius 3 is 2.65 bits per heavy atom. The van der Waals surface area contributed by atoms with Gasteiger partial charge in [-0.25, -0.2) is 10.0 Å². The molecular formula is C12H17N3O2. The summed E-state index contributed by atoms with van der Waals surface area (Å²) < 4.78 is 5.10. The first-order valence-corrected chi connectivity index (χ1v) is 5.68. The van der Waals surface area contributed by atoms with Crippen LogP contribution >= 0.6 is 0 Å². The third-order valence-corrected chi connectivity index (χ3v) is 2.81. The molecule has 1 fully saturated rings. The average Bonchev–Trinajstić information content (AvgIpc) is 2.71. The number of anilines is 1. The van der Waals surface area contributed by atoms with Gasteiger partial charge in [-0.3, -0.25) is 4.79 Å². The summed E-state index contributed by atoms with van der Waals surface area (Å²) in [5.74, 6) is 0.898. The van der Waals surface area contributed by atoms with Gasteiger partial charge in [-0.1, -0.05) is 0 Å². The Hall–Kier alpha value is -1.59. The van der Waals surface area contributed by atoms with Gasteiger partial charge in [0.25, 0.3) is 0 Å². The number of hydrazine groups is 1. The molecule has 0 bridgehead atoms. The number of hydrogen-bond donors (Lipinski definition) is 1. The molecule has 1 saturated heterocycles. The molecule has 92 valence electrons. The second kappa shape index (κ2) is 5.16. The third-order valence-electron chi connectivity index (χ3n) is 2.81. The van der Waals surface area contributed by atoms with E-state index in [0.29, 0.717) is 19.5 Å². The van der Waals surface area contributed by atoms with Gasteiger partial charge in [-0.15, -0.1) is 0 Å². The number of nitrogens with zero attached hydrogens (tertiary/aromatic N) is 2. The molecule has 1 aliphatic rings. The van der Waals surface area contributed by atoms with Crippen LogP contribution in [0, 0.1) is 0 Å². The molecule has 0 aliphatic carbocycles. The van der Waals surface area contributed by atoms with Crippen molar-refractivity contribution in [2.75, 3.05) is 31.8 Å². The second-order valence-corrected chi connectivity index (χ2v) is 3.90. The van der Waals surface area contributed by atoms with Crippen LogP contribution < -0.4 is 15.5 Å². The van der Waals surface area contributed by atoms with E-state index in [-0.39, 0.29) is 5.91 Å². The molecule has 0 radical (unpaired) electrons. The molecule has 5 heteroatoms. The van der Waals surface area contributed by atoms with Crippen LogP contribution in [0.4, 0.5) is 5.69 Å². The summed E-state index contributed by atoms with van der Waals surface area (Å²) in [7, 11) is 1.62. The van der Waals surface area contributed by atoms with E-state index in [4.69, 9.17) is 10.5 Å². The number of benzene rings is 1. The lowest BCUT2D eigenvalue weighted by atomic mass is 10.3. The van der Waals surface area contributed by atoms with Crippen LogP contribution in [0.15, 0.2) is 24.3 Å². The van der Waals surface area contributed by atoms with Gasteiger partial charge in [-0.2, -0.15) is 0 Å². The van der Waals surface area contributed by atoms with Crippen LogP contribution in [0.1, 0.15) is 6.42 Å². The van der Waals surface area contributed by atoms with Crippen LogP contribution in [0.3, 0.4) is 0 Å². The SMILES string of the molecule is COc1ccc(N2C(=O)CCN2CCN)cc1. The van der Waals surface area contributed by atoms with Gasteiger partial charge in [0, 0.05) is 26.1 Å². The smallest absolute Gasteiger partial charge is 0.242 e. The molecule has 5 nitrogen and oxygen atoms in total. The fourth-order valence-electron chi connectivity index (χ4n) is 1.98. The van der Waals surface area contributed by atoms with E-state index in [9.17, 15) is 4.79 Å². The van der Waals surface area contributed by atoms with Crippen molar-refractivity contribution in [3.8, 4) is 5.75 Å². The van der Waals surface area contributed by atoms with Gasteiger partial charge in [0.15, 0.2) is 0 Å². The summed E-state index contributed by atoms with van der Waals surface area (Å²) in [5.41, 5.74) is 6.40. The number of rotatable bonds is 4. The molecule has 0 spiro atoms. The summed E-state index contributed by atoms with van der Waals surface area (Å²) in [5, 5.41) is 3.68. The van der Waals surface area contributed by atoms with E-state index < -0.39 is 0 Å². The van der Waals surface area contributed by atoms with Crippen LogP contribution in [0.2, 0.25) is 0 Å². The zero-order chi connectivity index (χ0) is 12.3. The van der Waals surface area contributed by atoms with Crippen LogP contribution in [-0.2, 0) is 4.79 Å². The summed E-state index contributed by atoms with van der Waals surface area (Å²) >= 11 is 0. The number of hydrogen-bond acceptors (Lipinski definition) is 4. The lowest BCUT2D eigenvalue weighted by Crippen LogP contribution is -2.41. The summed E-state index contributed by atoms with van der Waals surface area (Å²) in [4.78, 5) is 11.8. The molecule has 1 heterocycles. The van der Waals surface area contributed by atoms with Crippen molar-refractivity contribution in [3.63, 3.8) is 0 Å². The highest BCUT2D eigenvalue weighted by Crippen LogP contribution is 2.24. The summed E-state index contributed by atoms with van der Waals surface area (Å²) in [6, 6.07) is 7.46. The van der Waals surface area contributed by atoms with Crippen molar-refractivity contribution < 1.29 is 9.53 Å². The van der Waals surface area contributed by atoms with Gasteiger partial charge in [0.2, 0.25) is 5.91 Å². The molecule has 1 amide bonds. The monoisotopic (exact) mass is 235 g/mol. The average molecular weight is 235 g/mol. The van der Waals surface area contributed by atoms with Crippen molar-refractivity contribution in [3.05, 3.63) is 24.3 Å². The fraction of sp³-hybridized carbons (Fsp3) is 0.417. The summed E-state index contributed by atoms with van der Waals surface area (Å²) in [6.45, 7) is 1.97. The number of ether oxygens (including phenoxy) is 1. The number of nitrogens with two attached hydrogens (primary N) is 1. The molecule has 2 N–H and O–H groups in total. The van der Waals surface area contributed by atoms with E-state index in [1.807, 2.05) is 29.3 Å². The zero-order valence-corrected chi connectivity index (χ0v) is 9.93. The quantitative estimate of drug-likeness (QED) is 0.830. The molecule has 2 rings (SSSR count). The van der Waals surface area contributed by atoms with E-state index in [2.05, 4.69) is 0 Å². The minimum atomic E-state index is 0.114. The first-order valence-electron chi connectivity index (χ1n) is 5.68. The van der Waals surface area contributed by atoms with Crippen molar-refractivity contribution in [1.29, 1.82) is 0 Å². The summed E-state index contributed by atoms with van der Waals surface area (Å²) in [6.07, 6.45) is 0.548. The molecule has 1 aliphatic heterocycles. The first kappa shape index (κ1) is 11.9. The Morgan fingerprint density at radius 1 is 1.35 bits per heavy atom. The van der Waals surface area contributed by atoms with Crippen LogP contribution in [0.25, 0.3) is 0 Å². The molecule has 1 aromatic carbocycles. The van der Waals surface area contributed by atoms with Crippen molar-refractivity contribution in [2.24, 2.45) is 5.73 Å². The van der Waals surface area contributed by atoms with E-state index in [1.54, 1.807) is 12.1 Å². The lowest BCUT2D eigenvalue weighted by Gasteiger charge is -2.27. The predicted molar refractivity (Wildman–Crippen MR) is 65.7 cm³/mol. The Balaban J connectivity index is 2.20. The molecule has 0 saturated carbocycles. The maximum atomic E-state index is 11.8. The molecule has 0 aromatic heterocycles. The number of carbonyl (C=O) groups is 1. The lowest BCUT2D eigenvalue weighted by molar-refractivity contribution is -0.118. The van der Waals surface area contributed by atoms with Crippen molar-refractivity contribution in [1.82, 2.24) is 5.01 Å². The Bertz CT molecular complexity index is 391. The first-order chi connectivity index (χ1) is 8.26. The number of methoxy groups -OCH3 is 1. The van der Waals surface area contributed by atoms with Crippen molar-refractivity contribution in [2.45, 2.75) is 6.42 Å². The van der Waals surface area contributed by atoms with Crippen LogP contribution in [0.5, 0.6) is 5.75 Å². The van der Waals surface area contributed by atoms with Crippen LogP contribution in [-0.4, -0.2) is 37.7 Å². The topological polar surface area (TPSA) is 58.8 Å². The third kappa shape index (κ3) is 2.40. The maximum absolute atomic E-state index is 11.8. The maximum Gasteiger partial charge on any atom is 0.242 e. The molecule has 1 aromatic rings. The number of amides is 1. The minimum Gasteiger partial charge on any atom is -0.497 e. The molecule has 17 heavy (non-hydrogen) atoms. The standard InChI is InChI=1S/C12H17N3O2/c1-17-11-4-2-10(3-5-11)15-12(16)6-8-14(15)9-7-13/h2-5H,6-9,13H2,1H3. The highest BCUT2D eigenvalue weighted by Gasteiger charge is 2.29. The van der Waals surface area contributed by atoms with E-state index in [0.717, 1.165) is 18.0 Å². The highest BCUT2D eigenvalue weighted by molar-refractivity contribution is 5.94. The minimum absolute atomic E-state index is 0.114. The number of carbonyl (C=O) groups excluding carboxylic acids is 1. The Morgan fingerprint density at radius 2 is 2.06 bits per heavy atom. The van der Waals surface area contributed by atoms with E-state index in [1.165, 1.54) is 0 Å². The van der Waals surface area contributed by atoms with E-state index >= 15 is 0 Å². The Kier molecular flexibility index (Phi) is 3.61. The van der Waals surface area contributed by atoms with Gasteiger partial charge < -0.3 is 10.5 Å². The normalized spacial score (nSPS) is 16.6. The van der Waals surface area contributed by atoms with Gasteiger partial charge in [-0.05, 0) is 24.3 Å². The molecular weight excluding hydrogens is 218 g/mol. The van der Waals surface area contributed by atoms with Gasteiger partial charge >= 0.3 is 0 Å². The van der Waals surface area contributed by atoms with Gasteiger partial charge in [0.1, 0.15) is 5.75 Å². The molecule has 0 unspecified atom stereocenters. The van der Waals surface area contributed by atoms with Crippen molar-refractivity contribution >= 4 is 11.6 Å². The largest absolute Gasteiger partial charge is 0.497 e. The highest BCUT2D eigenvalue weighted by atomic mass is 16.5. The molecule has 0 atom stereocenters. The zero-order valence-electron chi connectivity index (χ0n) is 9.93. The fourth-order valence-corrected chi connectivity index (χ4v) is 1.98. The Labute approximate surface area is 101 Å². The second-order valence-electron chi connectivity index (χ2n) is 3.90.